The molecule has 112 valence electrons. The minimum absolute atomic E-state index is 0.226. The Morgan fingerprint density at radius 2 is 2.19 bits per heavy atom. The van der Waals surface area contributed by atoms with Crippen LogP contribution in [-0.4, -0.2) is 17.3 Å². The molecule has 3 nitrogen and oxygen atoms in total. The molecule has 2 aromatic rings. The van der Waals surface area contributed by atoms with Gasteiger partial charge < -0.3 is 11.1 Å². The van der Waals surface area contributed by atoms with Crippen LogP contribution in [0.2, 0.25) is 0 Å². The van der Waals surface area contributed by atoms with Crippen molar-refractivity contribution >= 4 is 17.4 Å². The number of nitrogens with one attached hydrogen (secondary N) is 1. The topological polar surface area (TPSA) is 50.9 Å². The Kier molecular flexibility index (Phi) is 6.08. The number of benzene rings is 1. The van der Waals surface area contributed by atoms with Crippen molar-refractivity contribution in [3.63, 3.8) is 0 Å². The molecule has 0 radical (unpaired) electrons. The minimum atomic E-state index is 0.226. The van der Waals surface area contributed by atoms with Crippen LogP contribution in [0.1, 0.15) is 30.5 Å². The first-order chi connectivity index (χ1) is 10.2. The molecule has 1 atom stereocenters. The van der Waals surface area contributed by atoms with Crippen LogP contribution in [0.4, 0.5) is 5.69 Å². The predicted octanol–water partition coefficient (Wildman–Crippen LogP) is 3.81. The van der Waals surface area contributed by atoms with Crippen molar-refractivity contribution in [2.24, 2.45) is 0 Å². The summed E-state index contributed by atoms with van der Waals surface area (Å²) in [4.78, 5) is 5.51. The Labute approximate surface area is 131 Å². The number of nitrogen functional groups attached to an aromatic ring is 1. The van der Waals surface area contributed by atoms with Gasteiger partial charge in [0, 0.05) is 40.3 Å². The van der Waals surface area contributed by atoms with Crippen molar-refractivity contribution in [1.29, 1.82) is 0 Å². The summed E-state index contributed by atoms with van der Waals surface area (Å²) < 4.78 is 0. The Balaban J connectivity index is 2.08. The van der Waals surface area contributed by atoms with E-state index in [1.54, 1.807) is 6.20 Å². The van der Waals surface area contributed by atoms with Crippen LogP contribution < -0.4 is 11.1 Å². The molecule has 1 unspecified atom stereocenters. The first-order valence-electron chi connectivity index (χ1n) is 7.33. The lowest BCUT2D eigenvalue weighted by Crippen LogP contribution is -2.25. The molecule has 3 N–H and O–H groups in total. The van der Waals surface area contributed by atoms with E-state index in [2.05, 4.69) is 48.4 Å². The zero-order valence-electron chi connectivity index (χ0n) is 12.7. The summed E-state index contributed by atoms with van der Waals surface area (Å²) in [6.45, 7) is 5.27. The summed E-state index contributed by atoms with van der Waals surface area (Å²) in [7, 11) is 0. The molecule has 0 saturated heterocycles. The van der Waals surface area contributed by atoms with Gasteiger partial charge in [-0.1, -0.05) is 24.6 Å². The van der Waals surface area contributed by atoms with Gasteiger partial charge in [0.05, 0.1) is 0 Å². The van der Waals surface area contributed by atoms with Gasteiger partial charge in [-0.25, -0.2) is 0 Å². The number of anilines is 1. The summed E-state index contributed by atoms with van der Waals surface area (Å²) in [6.07, 6.45) is 4.72. The second-order valence-corrected chi connectivity index (χ2v) is 6.23. The first kappa shape index (κ1) is 15.9. The molecular formula is C17H23N3S. The highest BCUT2D eigenvalue weighted by Crippen LogP contribution is 2.27. The lowest BCUT2D eigenvalue weighted by molar-refractivity contribution is 0.577. The fraction of sp³-hybridized carbons (Fsp3) is 0.353. The quantitative estimate of drug-likeness (QED) is 0.764. The van der Waals surface area contributed by atoms with Crippen molar-refractivity contribution in [1.82, 2.24) is 10.3 Å². The molecular weight excluding hydrogens is 278 g/mol. The maximum atomic E-state index is 6.10. The van der Waals surface area contributed by atoms with E-state index in [1.165, 1.54) is 10.5 Å². The standard InChI is InChI=1S/C17H23N3S/c1-3-8-20-17(15-11-19-9-7-16(15)18)12-21-14-6-4-5-13(2)10-14/h4-7,9-11,17,20H,3,8,12H2,1-2H3,(H2,18,19). The molecule has 4 heteroatoms. The number of thioether (sulfide) groups is 1. The van der Waals surface area contributed by atoms with Crippen molar-refractivity contribution in [3.8, 4) is 0 Å². The Morgan fingerprint density at radius 3 is 2.90 bits per heavy atom. The molecule has 1 aromatic carbocycles. The molecule has 1 aromatic heterocycles. The van der Waals surface area contributed by atoms with Gasteiger partial charge >= 0.3 is 0 Å². The Morgan fingerprint density at radius 1 is 1.33 bits per heavy atom. The van der Waals surface area contributed by atoms with E-state index in [0.29, 0.717) is 0 Å². The average molecular weight is 301 g/mol. The maximum absolute atomic E-state index is 6.10. The average Bonchev–Trinajstić information content (AvgIpc) is 2.48. The van der Waals surface area contributed by atoms with E-state index in [0.717, 1.165) is 30.0 Å². The molecule has 0 saturated carbocycles. The Bertz CT molecular complexity index is 571. The number of nitrogens with two attached hydrogens (primary N) is 1. The third kappa shape index (κ3) is 4.76. The van der Waals surface area contributed by atoms with Crippen molar-refractivity contribution in [2.45, 2.75) is 31.2 Å². The summed E-state index contributed by atoms with van der Waals surface area (Å²) >= 11 is 1.85. The fourth-order valence-electron chi connectivity index (χ4n) is 2.17. The van der Waals surface area contributed by atoms with Gasteiger partial charge in [0.25, 0.3) is 0 Å². The van der Waals surface area contributed by atoms with Crippen LogP contribution in [0, 0.1) is 6.92 Å². The van der Waals surface area contributed by atoms with E-state index >= 15 is 0 Å². The lowest BCUT2D eigenvalue weighted by atomic mass is 10.1. The zero-order chi connectivity index (χ0) is 15.1. The second-order valence-electron chi connectivity index (χ2n) is 5.14. The normalized spacial score (nSPS) is 12.3. The first-order valence-corrected chi connectivity index (χ1v) is 8.31. The summed E-state index contributed by atoms with van der Waals surface area (Å²) in [5.74, 6) is 0.944. The van der Waals surface area contributed by atoms with E-state index in [-0.39, 0.29) is 6.04 Å². The number of aryl methyl sites for hydroxylation is 1. The maximum Gasteiger partial charge on any atom is 0.0451 e. The van der Waals surface area contributed by atoms with E-state index in [1.807, 2.05) is 24.0 Å². The molecule has 2 rings (SSSR count). The summed E-state index contributed by atoms with van der Waals surface area (Å²) in [6, 6.07) is 10.7. The fourth-order valence-corrected chi connectivity index (χ4v) is 3.27. The third-order valence-electron chi connectivity index (χ3n) is 3.31. The molecule has 21 heavy (non-hydrogen) atoms. The number of rotatable bonds is 7. The second kappa shape index (κ2) is 8.05. The number of aromatic nitrogens is 1. The molecule has 0 spiro atoms. The van der Waals surface area contributed by atoms with Gasteiger partial charge in [-0.3, -0.25) is 4.98 Å². The van der Waals surface area contributed by atoms with Crippen LogP contribution in [0.3, 0.4) is 0 Å². The third-order valence-corrected chi connectivity index (χ3v) is 4.40. The highest BCUT2D eigenvalue weighted by molar-refractivity contribution is 7.99. The van der Waals surface area contributed by atoms with Gasteiger partial charge in [-0.2, -0.15) is 0 Å². The van der Waals surface area contributed by atoms with Gasteiger partial charge in [-0.15, -0.1) is 11.8 Å². The molecule has 1 heterocycles. The van der Waals surface area contributed by atoms with Crippen LogP contribution in [0.15, 0.2) is 47.6 Å². The van der Waals surface area contributed by atoms with Crippen molar-refractivity contribution in [2.75, 3.05) is 18.0 Å². The van der Waals surface area contributed by atoms with Crippen LogP contribution >= 0.6 is 11.8 Å². The monoisotopic (exact) mass is 301 g/mol. The molecule has 0 aliphatic heterocycles. The summed E-state index contributed by atoms with van der Waals surface area (Å²) in [5, 5.41) is 3.57. The highest BCUT2D eigenvalue weighted by atomic mass is 32.2. The number of nitrogens with zero attached hydrogens (tertiary/aromatic N) is 1. The zero-order valence-corrected chi connectivity index (χ0v) is 13.5. The van der Waals surface area contributed by atoms with E-state index < -0.39 is 0 Å². The van der Waals surface area contributed by atoms with Crippen LogP contribution in [-0.2, 0) is 0 Å². The molecule has 0 amide bonds. The molecule has 0 fully saturated rings. The van der Waals surface area contributed by atoms with Crippen molar-refractivity contribution in [3.05, 3.63) is 53.9 Å². The van der Waals surface area contributed by atoms with Crippen LogP contribution in [0.5, 0.6) is 0 Å². The smallest absolute Gasteiger partial charge is 0.0451 e. The lowest BCUT2D eigenvalue weighted by Gasteiger charge is -2.20. The largest absolute Gasteiger partial charge is 0.398 e. The van der Waals surface area contributed by atoms with Gasteiger partial charge in [0.1, 0.15) is 0 Å². The van der Waals surface area contributed by atoms with Gasteiger partial charge in [0.2, 0.25) is 0 Å². The Hall–Kier alpha value is -1.52. The van der Waals surface area contributed by atoms with Gasteiger partial charge in [0.15, 0.2) is 0 Å². The number of hydrogen-bond donors (Lipinski definition) is 2. The van der Waals surface area contributed by atoms with E-state index in [4.69, 9.17) is 5.73 Å². The SMILES string of the molecule is CCCNC(CSc1cccc(C)c1)c1cnccc1N. The number of pyridine rings is 1. The van der Waals surface area contributed by atoms with E-state index in [9.17, 15) is 0 Å². The highest BCUT2D eigenvalue weighted by Gasteiger charge is 2.14. The molecule has 0 aliphatic rings. The summed E-state index contributed by atoms with van der Waals surface area (Å²) in [5.41, 5.74) is 9.29. The molecule has 0 aliphatic carbocycles. The molecule has 0 bridgehead atoms. The minimum Gasteiger partial charge on any atom is -0.398 e. The number of hydrogen-bond acceptors (Lipinski definition) is 4. The van der Waals surface area contributed by atoms with Crippen molar-refractivity contribution < 1.29 is 0 Å². The van der Waals surface area contributed by atoms with Crippen LogP contribution in [0.25, 0.3) is 0 Å². The van der Waals surface area contributed by atoms with Gasteiger partial charge in [-0.05, 0) is 38.1 Å². The predicted molar refractivity (Wildman–Crippen MR) is 91.6 cm³/mol.